The Morgan fingerprint density at radius 3 is 2.84 bits per heavy atom. The molecule has 0 bridgehead atoms. The van der Waals surface area contributed by atoms with Gasteiger partial charge < -0.3 is 9.88 Å². The summed E-state index contributed by atoms with van der Waals surface area (Å²) in [5, 5.41) is 3.26. The van der Waals surface area contributed by atoms with Crippen molar-refractivity contribution >= 4 is 29.5 Å². The van der Waals surface area contributed by atoms with Crippen LogP contribution in [0, 0.1) is 6.92 Å². The summed E-state index contributed by atoms with van der Waals surface area (Å²) in [5.41, 5.74) is 1.96. The van der Waals surface area contributed by atoms with Crippen LogP contribution in [0.25, 0.3) is 0 Å². The van der Waals surface area contributed by atoms with Gasteiger partial charge in [0.15, 0.2) is 6.29 Å². The van der Waals surface area contributed by atoms with Crippen molar-refractivity contribution in [3.05, 3.63) is 52.8 Å². The molecule has 2 aromatic rings. The van der Waals surface area contributed by atoms with E-state index in [2.05, 4.69) is 5.32 Å². The van der Waals surface area contributed by atoms with Crippen LogP contribution in [0.3, 0.4) is 0 Å². The van der Waals surface area contributed by atoms with Gasteiger partial charge in [-0.15, -0.1) is 0 Å². The molecule has 2 rings (SSSR count). The fourth-order valence-electron chi connectivity index (χ4n) is 1.80. The van der Waals surface area contributed by atoms with E-state index in [1.54, 1.807) is 29.0 Å². The maximum atomic E-state index is 11.9. The molecule has 4 nitrogen and oxygen atoms in total. The van der Waals surface area contributed by atoms with Crippen LogP contribution in [-0.2, 0) is 11.3 Å². The van der Waals surface area contributed by atoms with E-state index < -0.39 is 0 Å². The molecule has 0 saturated heterocycles. The van der Waals surface area contributed by atoms with Crippen LogP contribution in [0.5, 0.6) is 0 Å². The average molecular weight is 277 g/mol. The minimum Gasteiger partial charge on any atom is -0.336 e. The maximum Gasteiger partial charge on any atom is 0.244 e. The van der Waals surface area contributed by atoms with Crippen molar-refractivity contribution in [2.75, 3.05) is 5.32 Å². The molecule has 0 aliphatic heterocycles. The number of para-hydroxylation sites is 1. The molecule has 0 radical (unpaired) electrons. The highest BCUT2D eigenvalue weighted by Crippen LogP contribution is 2.25. The van der Waals surface area contributed by atoms with Crippen molar-refractivity contribution in [2.24, 2.45) is 0 Å². The summed E-state index contributed by atoms with van der Waals surface area (Å²) in [5.74, 6) is -0.226. The van der Waals surface area contributed by atoms with Crippen molar-refractivity contribution in [3.63, 3.8) is 0 Å². The number of hydrogen-bond acceptors (Lipinski definition) is 2. The van der Waals surface area contributed by atoms with Gasteiger partial charge in [-0.1, -0.05) is 23.7 Å². The number of halogens is 1. The van der Waals surface area contributed by atoms with Crippen molar-refractivity contribution in [2.45, 2.75) is 13.5 Å². The Morgan fingerprint density at radius 2 is 2.16 bits per heavy atom. The third-order valence-corrected chi connectivity index (χ3v) is 3.10. The zero-order chi connectivity index (χ0) is 13.8. The Kier molecular flexibility index (Phi) is 4.02. The van der Waals surface area contributed by atoms with Gasteiger partial charge in [0.05, 0.1) is 16.4 Å². The predicted molar refractivity (Wildman–Crippen MR) is 74.6 cm³/mol. The quantitative estimate of drug-likeness (QED) is 0.873. The summed E-state index contributed by atoms with van der Waals surface area (Å²) in [6.07, 6.45) is 2.40. The van der Waals surface area contributed by atoms with Gasteiger partial charge in [0.2, 0.25) is 5.91 Å². The number of benzene rings is 1. The van der Waals surface area contributed by atoms with Gasteiger partial charge in [-0.25, -0.2) is 0 Å². The second kappa shape index (κ2) is 5.71. The fourth-order valence-corrected chi connectivity index (χ4v) is 2.07. The number of nitrogens with zero attached hydrogens (tertiary/aromatic N) is 1. The molecule has 0 aliphatic rings. The molecule has 1 aromatic carbocycles. The summed E-state index contributed by atoms with van der Waals surface area (Å²) >= 11 is 6.04. The molecule has 1 heterocycles. The minimum atomic E-state index is -0.226. The van der Waals surface area contributed by atoms with Crippen LogP contribution in [-0.4, -0.2) is 16.8 Å². The lowest BCUT2D eigenvalue weighted by atomic mass is 10.2. The van der Waals surface area contributed by atoms with E-state index in [-0.39, 0.29) is 12.5 Å². The van der Waals surface area contributed by atoms with Crippen LogP contribution in [0.2, 0.25) is 5.02 Å². The molecule has 0 atom stereocenters. The second-order valence-corrected chi connectivity index (χ2v) is 4.57. The molecule has 1 aromatic heterocycles. The number of nitrogens with one attached hydrogen (secondary N) is 1. The smallest absolute Gasteiger partial charge is 0.244 e. The van der Waals surface area contributed by atoms with E-state index in [1.807, 2.05) is 19.1 Å². The van der Waals surface area contributed by atoms with E-state index >= 15 is 0 Å². The Bertz CT molecular complexity index is 599. The number of rotatable bonds is 4. The lowest BCUT2D eigenvalue weighted by Gasteiger charge is -2.11. The molecule has 98 valence electrons. The molecule has 0 aliphatic carbocycles. The van der Waals surface area contributed by atoms with E-state index in [4.69, 9.17) is 11.6 Å². The van der Waals surface area contributed by atoms with Crippen LogP contribution >= 0.6 is 11.6 Å². The van der Waals surface area contributed by atoms with Crippen molar-refractivity contribution in [1.82, 2.24) is 4.57 Å². The molecule has 19 heavy (non-hydrogen) atoms. The first-order valence-corrected chi connectivity index (χ1v) is 6.15. The third-order valence-electron chi connectivity index (χ3n) is 2.79. The van der Waals surface area contributed by atoms with Gasteiger partial charge in [-0.2, -0.15) is 0 Å². The van der Waals surface area contributed by atoms with Crippen molar-refractivity contribution < 1.29 is 9.59 Å². The highest BCUT2D eigenvalue weighted by Gasteiger charge is 2.10. The van der Waals surface area contributed by atoms with E-state index in [9.17, 15) is 9.59 Å². The van der Waals surface area contributed by atoms with Gasteiger partial charge in [0.25, 0.3) is 0 Å². The largest absolute Gasteiger partial charge is 0.336 e. The van der Waals surface area contributed by atoms with E-state index in [0.29, 0.717) is 22.7 Å². The van der Waals surface area contributed by atoms with Crippen molar-refractivity contribution in [3.8, 4) is 0 Å². The molecule has 0 saturated carbocycles. The Balaban J connectivity index is 2.12. The predicted octanol–water partition coefficient (Wildman–Crippen LogP) is 2.90. The van der Waals surface area contributed by atoms with Crippen molar-refractivity contribution in [1.29, 1.82) is 0 Å². The summed E-state index contributed by atoms with van der Waals surface area (Å²) in [6.45, 7) is 1.94. The highest BCUT2D eigenvalue weighted by atomic mass is 35.5. The minimum absolute atomic E-state index is 0.0751. The molecule has 1 amide bonds. The normalized spacial score (nSPS) is 10.2. The number of carbonyl (C=O) groups is 2. The summed E-state index contributed by atoms with van der Waals surface area (Å²) in [6, 6.07) is 8.78. The fraction of sp³-hybridized carbons (Fsp3) is 0.143. The topological polar surface area (TPSA) is 51.1 Å². The number of aldehydes is 1. The maximum absolute atomic E-state index is 11.9. The van der Waals surface area contributed by atoms with Gasteiger partial charge in [-0.05, 0) is 30.7 Å². The van der Waals surface area contributed by atoms with Gasteiger partial charge in [0, 0.05) is 6.20 Å². The van der Waals surface area contributed by atoms with Crippen LogP contribution < -0.4 is 5.32 Å². The standard InChI is InChI=1S/C14H13ClN2O2/c1-10-4-2-6-12(15)14(10)16-13(19)8-17-7-3-5-11(17)9-18/h2-7,9H,8H2,1H3,(H,16,19). The third kappa shape index (κ3) is 3.03. The summed E-state index contributed by atoms with van der Waals surface area (Å²) in [4.78, 5) is 22.7. The molecule has 1 N–H and O–H groups in total. The first kappa shape index (κ1) is 13.4. The number of carbonyl (C=O) groups excluding carboxylic acids is 2. The SMILES string of the molecule is Cc1cccc(Cl)c1NC(=O)Cn1cccc1C=O. The summed E-state index contributed by atoms with van der Waals surface area (Å²) in [7, 11) is 0. The lowest BCUT2D eigenvalue weighted by molar-refractivity contribution is -0.116. The molecular formula is C14H13ClN2O2. The van der Waals surface area contributed by atoms with Gasteiger partial charge in [-0.3, -0.25) is 9.59 Å². The lowest BCUT2D eigenvalue weighted by Crippen LogP contribution is -2.20. The number of aromatic nitrogens is 1. The number of aryl methyl sites for hydroxylation is 1. The Labute approximate surface area is 116 Å². The average Bonchev–Trinajstić information content (AvgIpc) is 2.81. The number of anilines is 1. The molecule has 5 heteroatoms. The number of amides is 1. The number of hydrogen-bond donors (Lipinski definition) is 1. The monoisotopic (exact) mass is 276 g/mol. The molecule has 0 fully saturated rings. The van der Waals surface area contributed by atoms with Gasteiger partial charge in [0.1, 0.15) is 6.54 Å². The highest BCUT2D eigenvalue weighted by molar-refractivity contribution is 6.33. The van der Waals surface area contributed by atoms with E-state index in [0.717, 1.165) is 5.56 Å². The second-order valence-electron chi connectivity index (χ2n) is 4.16. The summed E-state index contributed by atoms with van der Waals surface area (Å²) < 4.78 is 1.58. The van der Waals surface area contributed by atoms with Crippen LogP contribution in [0.4, 0.5) is 5.69 Å². The first-order valence-electron chi connectivity index (χ1n) is 5.77. The van der Waals surface area contributed by atoms with Gasteiger partial charge >= 0.3 is 0 Å². The zero-order valence-electron chi connectivity index (χ0n) is 10.4. The Hall–Kier alpha value is -2.07. The van der Waals surface area contributed by atoms with Crippen LogP contribution in [0.15, 0.2) is 36.5 Å². The molecular weight excluding hydrogens is 264 g/mol. The molecule has 0 spiro atoms. The van der Waals surface area contributed by atoms with E-state index in [1.165, 1.54) is 0 Å². The van der Waals surface area contributed by atoms with Crippen LogP contribution in [0.1, 0.15) is 16.1 Å². The molecule has 0 unspecified atom stereocenters. The first-order chi connectivity index (χ1) is 9.11. The Morgan fingerprint density at radius 1 is 1.37 bits per heavy atom. The zero-order valence-corrected chi connectivity index (χ0v) is 11.1.